The van der Waals surface area contributed by atoms with Gasteiger partial charge in [-0.25, -0.2) is 0 Å². The second kappa shape index (κ2) is 61.3. The Morgan fingerprint density at radius 1 is 0.380 bits per heavy atom. The van der Waals surface area contributed by atoms with Gasteiger partial charge in [-0.15, -0.1) is 0 Å². The number of nitrogens with zero attached hydrogens (tertiary/aromatic N) is 1. The third kappa shape index (κ3) is 62.7. The van der Waals surface area contributed by atoms with E-state index in [1.165, 1.54) is 231 Å². The maximum absolute atomic E-state index is 12.9. The van der Waals surface area contributed by atoms with Crippen LogP contribution in [0.25, 0.3) is 0 Å². The minimum Gasteiger partial charge on any atom is -0.545 e. The quantitative estimate of drug-likeness (QED) is 0.0195. The van der Waals surface area contributed by atoms with Gasteiger partial charge in [0.1, 0.15) is 13.2 Å². The van der Waals surface area contributed by atoms with E-state index in [4.69, 9.17) is 18.9 Å². The predicted molar refractivity (Wildman–Crippen MR) is 334 cm³/mol. The number of ether oxygens (including phenoxy) is 4. The number of allylic oxidation sites excluding steroid dienone is 8. The van der Waals surface area contributed by atoms with Crippen molar-refractivity contribution in [3.8, 4) is 0 Å². The first-order valence-electron chi connectivity index (χ1n) is 33.8. The first-order valence-corrected chi connectivity index (χ1v) is 33.8. The molecule has 0 N–H and O–H groups in total. The highest BCUT2D eigenvalue weighted by Gasteiger charge is 2.22. The number of unbranched alkanes of at least 4 members (excludes halogenated alkanes) is 40. The van der Waals surface area contributed by atoms with Crippen molar-refractivity contribution in [3.05, 3.63) is 48.6 Å². The molecule has 0 spiro atoms. The zero-order chi connectivity index (χ0) is 57.6. The Kier molecular flexibility index (Phi) is 59.2. The summed E-state index contributed by atoms with van der Waals surface area (Å²) in [6, 6.07) is 0. The molecule has 79 heavy (non-hydrogen) atoms. The fourth-order valence-electron chi connectivity index (χ4n) is 9.84. The summed E-state index contributed by atoms with van der Waals surface area (Å²) < 4.78 is 22.8. The summed E-state index contributed by atoms with van der Waals surface area (Å²) in [5.74, 6) is -2.28. The van der Waals surface area contributed by atoms with E-state index in [0.717, 1.165) is 57.8 Å². The lowest BCUT2D eigenvalue weighted by molar-refractivity contribution is -0.870. The standard InChI is InChI=1S/C70H129NO8/c1-6-8-10-12-14-16-18-20-22-24-26-28-30-31-32-33-34-35-36-37-39-40-42-44-46-48-50-52-54-56-58-60-67(72)77-64-66(65-78-70(69(74)75)76-63-62-71(3,4)5)79-68(73)61-59-57-55-53-51-49-47-45-43-41-38-29-27-25-23-21-19-17-15-13-11-9-7-2/h19,21,24-27,38,41,66,70H,6-18,20,22-23,28-37,39-40,42-65H2,1-5H3/b21-19-,26-24-,27-25-,41-38-. The molecule has 0 aromatic rings. The van der Waals surface area contributed by atoms with E-state index in [9.17, 15) is 19.5 Å². The van der Waals surface area contributed by atoms with Crippen molar-refractivity contribution in [1.82, 2.24) is 0 Å². The second-order valence-corrected chi connectivity index (χ2v) is 24.1. The van der Waals surface area contributed by atoms with Crippen LogP contribution in [0, 0.1) is 0 Å². The average molecular weight is 1110 g/mol. The number of carboxylic acid groups (broad SMARTS) is 1. The zero-order valence-electron chi connectivity index (χ0n) is 52.8. The van der Waals surface area contributed by atoms with Crippen LogP contribution in [-0.2, 0) is 33.3 Å². The molecule has 0 rings (SSSR count). The van der Waals surface area contributed by atoms with Crippen LogP contribution in [0.2, 0.25) is 0 Å². The molecule has 0 fully saturated rings. The van der Waals surface area contributed by atoms with Gasteiger partial charge >= 0.3 is 11.9 Å². The van der Waals surface area contributed by atoms with Crippen LogP contribution in [0.4, 0.5) is 0 Å². The van der Waals surface area contributed by atoms with Crippen molar-refractivity contribution in [2.24, 2.45) is 0 Å². The molecule has 9 nitrogen and oxygen atoms in total. The first kappa shape index (κ1) is 76.2. The fraction of sp³-hybridized carbons (Fsp3) is 0.843. The van der Waals surface area contributed by atoms with E-state index in [1.54, 1.807) is 0 Å². The van der Waals surface area contributed by atoms with Gasteiger partial charge < -0.3 is 33.3 Å². The first-order chi connectivity index (χ1) is 38.6. The van der Waals surface area contributed by atoms with Gasteiger partial charge in [-0.05, 0) is 77.0 Å². The molecule has 0 aliphatic rings. The van der Waals surface area contributed by atoms with Gasteiger partial charge in [0.25, 0.3) is 0 Å². The lowest BCUT2D eigenvalue weighted by Gasteiger charge is -2.26. The Morgan fingerprint density at radius 3 is 1.03 bits per heavy atom. The number of aliphatic carboxylic acids is 1. The van der Waals surface area contributed by atoms with Crippen molar-refractivity contribution in [2.75, 3.05) is 47.5 Å². The summed E-state index contributed by atoms with van der Waals surface area (Å²) in [5, 5.41) is 11.8. The van der Waals surface area contributed by atoms with Crippen LogP contribution in [0.5, 0.6) is 0 Å². The highest BCUT2D eigenvalue weighted by atomic mass is 16.7. The summed E-state index contributed by atoms with van der Waals surface area (Å²) in [5.41, 5.74) is 0. The molecule has 0 aliphatic carbocycles. The van der Waals surface area contributed by atoms with Crippen LogP contribution in [-0.4, -0.2) is 82.3 Å². The van der Waals surface area contributed by atoms with Gasteiger partial charge in [0.05, 0.1) is 40.3 Å². The predicted octanol–water partition coefficient (Wildman–Crippen LogP) is 19.2. The van der Waals surface area contributed by atoms with Crippen molar-refractivity contribution >= 4 is 17.9 Å². The van der Waals surface area contributed by atoms with E-state index >= 15 is 0 Å². The SMILES string of the molecule is CCCCCCC/C=C\C/C=C\C/C=C\CCCCCCCCCCC(=O)OC(COC(=O)CCCCCCCCCCCCCCCCCCCCC/C=C\CCCCCCCCCC)COC(OCC[N+](C)(C)C)C(=O)[O-]. The van der Waals surface area contributed by atoms with Gasteiger partial charge in [0, 0.05) is 12.8 Å². The molecule has 0 bridgehead atoms. The van der Waals surface area contributed by atoms with Gasteiger partial charge in [-0.2, -0.15) is 0 Å². The molecule has 9 heteroatoms. The number of hydrogen-bond acceptors (Lipinski definition) is 8. The number of likely N-dealkylation sites (N-methyl/N-ethyl adjacent to an activating group) is 1. The van der Waals surface area contributed by atoms with Crippen molar-refractivity contribution in [1.29, 1.82) is 0 Å². The largest absolute Gasteiger partial charge is 0.545 e. The maximum atomic E-state index is 12.9. The smallest absolute Gasteiger partial charge is 0.306 e. The molecule has 0 amide bonds. The van der Waals surface area contributed by atoms with Crippen LogP contribution in [0.15, 0.2) is 48.6 Å². The minimum absolute atomic E-state index is 0.146. The third-order valence-electron chi connectivity index (χ3n) is 15.0. The molecule has 0 radical (unpaired) electrons. The fourth-order valence-corrected chi connectivity index (χ4v) is 9.84. The van der Waals surface area contributed by atoms with E-state index in [-0.39, 0.29) is 32.2 Å². The lowest BCUT2D eigenvalue weighted by atomic mass is 10.0. The summed E-state index contributed by atoms with van der Waals surface area (Å²) in [6.45, 7) is 4.77. The monoisotopic (exact) mass is 1110 g/mol. The lowest BCUT2D eigenvalue weighted by Crippen LogP contribution is -2.44. The van der Waals surface area contributed by atoms with Gasteiger partial charge in [0.2, 0.25) is 0 Å². The van der Waals surface area contributed by atoms with Gasteiger partial charge in [-0.1, -0.05) is 281 Å². The summed E-state index contributed by atoms with van der Waals surface area (Å²) in [6.07, 6.45) is 74.7. The Bertz CT molecular complexity index is 1430. The molecular formula is C70H129NO8. The highest BCUT2D eigenvalue weighted by molar-refractivity contribution is 5.70. The molecule has 2 unspecified atom stereocenters. The van der Waals surface area contributed by atoms with Crippen LogP contribution >= 0.6 is 0 Å². The summed E-state index contributed by atoms with van der Waals surface area (Å²) in [4.78, 5) is 37.4. The van der Waals surface area contributed by atoms with Gasteiger partial charge in [0.15, 0.2) is 12.4 Å². The molecule has 462 valence electrons. The number of quaternary nitrogens is 1. The summed E-state index contributed by atoms with van der Waals surface area (Å²) >= 11 is 0. The number of esters is 2. The Hall–Kier alpha value is -2.75. The summed E-state index contributed by atoms with van der Waals surface area (Å²) in [7, 11) is 5.93. The minimum atomic E-state index is -1.62. The molecule has 2 atom stereocenters. The maximum Gasteiger partial charge on any atom is 0.306 e. The van der Waals surface area contributed by atoms with Crippen LogP contribution in [0.1, 0.15) is 322 Å². The molecule has 0 saturated carbocycles. The van der Waals surface area contributed by atoms with Crippen LogP contribution < -0.4 is 5.11 Å². The molecule has 0 heterocycles. The number of carboxylic acids is 1. The number of carbonyl (C=O) groups is 3. The second-order valence-electron chi connectivity index (χ2n) is 24.1. The molecular weight excluding hydrogens is 983 g/mol. The molecule has 0 aromatic carbocycles. The van der Waals surface area contributed by atoms with Gasteiger partial charge in [-0.3, -0.25) is 9.59 Å². The Labute approximate surface area is 489 Å². The van der Waals surface area contributed by atoms with E-state index < -0.39 is 24.3 Å². The molecule has 0 aliphatic heterocycles. The van der Waals surface area contributed by atoms with Crippen molar-refractivity contribution in [2.45, 2.75) is 334 Å². The highest BCUT2D eigenvalue weighted by Crippen LogP contribution is 2.18. The number of carbonyl (C=O) groups excluding carboxylic acids is 3. The normalized spacial score (nSPS) is 13.0. The zero-order valence-corrected chi connectivity index (χ0v) is 52.8. The molecule has 0 aromatic heterocycles. The molecule has 0 saturated heterocycles. The van der Waals surface area contributed by atoms with Crippen LogP contribution in [0.3, 0.4) is 0 Å². The van der Waals surface area contributed by atoms with Crippen molar-refractivity contribution in [3.63, 3.8) is 0 Å². The number of rotatable bonds is 63. The Balaban J connectivity index is 4.10. The topological polar surface area (TPSA) is 111 Å². The average Bonchev–Trinajstić information content (AvgIpc) is 3.42. The number of hydrogen-bond donors (Lipinski definition) is 0. The van der Waals surface area contributed by atoms with E-state index in [0.29, 0.717) is 23.9 Å². The van der Waals surface area contributed by atoms with E-state index in [1.807, 2.05) is 21.1 Å². The van der Waals surface area contributed by atoms with E-state index in [2.05, 4.69) is 62.5 Å². The van der Waals surface area contributed by atoms with Crippen molar-refractivity contribution < 1.29 is 42.9 Å². The Morgan fingerprint density at radius 2 is 0.684 bits per heavy atom. The third-order valence-corrected chi connectivity index (χ3v) is 15.0.